The molecule has 0 aliphatic heterocycles. The number of fused-ring (bicyclic) bond motifs is 4. The van der Waals surface area contributed by atoms with Gasteiger partial charge in [-0.05, 0) is 43.6 Å². The van der Waals surface area contributed by atoms with E-state index in [4.69, 9.17) is 0 Å². The zero-order valence-electron chi connectivity index (χ0n) is 15.1. The Kier molecular flexibility index (Phi) is 3.99. The molecule has 3 aromatic heterocycles. The van der Waals surface area contributed by atoms with E-state index >= 15 is 0 Å². The molecule has 0 saturated heterocycles. The quantitative estimate of drug-likeness (QED) is 0.639. The van der Waals surface area contributed by atoms with Crippen LogP contribution in [0.25, 0.3) is 22.3 Å². The molecule has 7 nitrogen and oxygen atoms in total. The van der Waals surface area contributed by atoms with Crippen molar-refractivity contribution in [2.24, 2.45) is 17.8 Å². The maximum absolute atomic E-state index is 13.6. The van der Waals surface area contributed by atoms with Crippen molar-refractivity contribution < 1.29 is 14.3 Å². The summed E-state index contributed by atoms with van der Waals surface area (Å²) in [4.78, 5) is 27.8. The van der Waals surface area contributed by atoms with Gasteiger partial charge in [0, 0.05) is 23.2 Å². The molecule has 2 atom stereocenters. The molecular weight excluding hydrogens is 361 g/mol. The minimum absolute atomic E-state index is 0.142. The van der Waals surface area contributed by atoms with Crippen LogP contribution >= 0.6 is 0 Å². The molecule has 0 amide bonds. The lowest BCUT2D eigenvalue weighted by molar-refractivity contribution is -0.148. The van der Waals surface area contributed by atoms with E-state index in [-0.39, 0.29) is 12.0 Å². The van der Waals surface area contributed by atoms with Gasteiger partial charge in [-0.3, -0.25) is 9.78 Å². The monoisotopic (exact) mass is 381 g/mol. The summed E-state index contributed by atoms with van der Waals surface area (Å²) in [7, 11) is 0. The van der Waals surface area contributed by atoms with Gasteiger partial charge in [0.15, 0.2) is 0 Å². The Morgan fingerprint density at radius 1 is 1.18 bits per heavy atom. The summed E-state index contributed by atoms with van der Waals surface area (Å²) in [5.41, 5.74) is 1.86. The molecule has 3 saturated carbocycles. The molecule has 28 heavy (non-hydrogen) atoms. The van der Waals surface area contributed by atoms with Gasteiger partial charge in [-0.15, -0.1) is 0 Å². The highest BCUT2D eigenvalue weighted by Crippen LogP contribution is 2.46. The summed E-state index contributed by atoms with van der Waals surface area (Å²) in [5, 5.41) is 13.7. The normalized spacial score (nSPS) is 26.5. The van der Waals surface area contributed by atoms with Crippen molar-refractivity contribution in [3.63, 3.8) is 0 Å². The van der Waals surface area contributed by atoms with Gasteiger partial charge in [0.05, 0.1) is 30.2 Å². The first-order valence-electron chi connectivity index (χ1n) is 9.54. The van der Waals surface area contributed by atoms with Crippen LogP contribution < -0.4 is 5.32 Å². The minimum atomic E-state index is -0.741. The molecule has 3 aliphatic carbocycles. The number of hydrogen-bond donors (Lipinski definition) is 3. The molecule has 0 radical (unpaired) electrons. The molecule has 144 valence electrons. The van der Waals surface area contributed by atoms with Crippen LogP contribution in [0, 0.1) is 23.6 Å². The highest BCUT2D eigenvalue weighted by Gasteiger charge is 2.47. The average molecular weight is 381 g/mol. The van der Waals surface area contributed by atoms with Crippen LogP contribution in [-0.2, 0) is 4.79 Å². The lowest BCUT2D eigenvalue weighted by Crippen LogP contribution is -2.51. The summed E-state index contributed by atoms with van der Waals surface area (Å²) in [6.45, 7) is 0. The van der Waals surface area contributed by atoms with E-state index in [2.05, 4.69) is 25.3 Å². The number of nitrogens with one attached hydrogen (secondary N) is 2. The van der Waals surface area contributed by atoms with Crippen molar-refractivity contribution in [2.75, 3.05) is 5.32 Å². The van der Waals surface area contributed by atoms with Crippen LogP contribution in [0.2, 0.25) is 0 Å². The smallest absolute Gasteiger partial charge is 0.308 e. The number of aromatic amines is 1. The van der Waals surface area contributed by atoms with Gasteiger partial charge in [0.1, 0.15) is 17.3 Å². The van der Waals surface area contributed by atoms with Gasteiger partial charge in [0.25, 0.3) is 0 Å². The maximum atomic E-state index is 13.6. The summed E-state index contributed by atoms with van der Waals surface area (Å²) in [6.07, 6.45) is 10.2. The number of pyridine rings is 1. The maximum Gasteiger partial charge on any atom is 0.308 e. The Balaban J connectivity index is 1.47. The standard InChI is InChI=1S/C20H20FN5O2/c21-12-5-13-14(7-24-19(13)23-6-12)15-8-22-9-16(25-15)26-18-11-3-1-10(2-4-11)17(18)20(27)28/h5-11,17-18H,1-4H2,(H,23,24)(H,25,26)(H,27,28)/t10?,11?,17-,18-/m1/s1. The van der Waals surface area contributed by atoms with Crippen LogP contribution in [0.15, 0.2) is 30.9 Å². The van der Waals surface area contributed by atoms with Gasteiger partial charge in [-0.25, -0.2) is 14.4 Å². The Hall–Kier alpha value is -3.03. The molecule has 3 heterocycles. The number of nitrogens with zero attached hydrogens (tertiary/aromatic N) is 3. The number of aromatic nitrogens is 4. The first-order valence-corrected chi connectivity index (χ1v) is 9.54. The second-order valence-corrected chi connectivity index (χ2v) is 7.75. The number of carboxylic acid groups (broad SMARTS) is 1. The fourth-order valence-electron chi connectivity index (χ4n) is 4.94. The molecule has 2 bridgehead atoms. The first-order chi connectivity index (χ1) is 13.6. The van der Waals surface area contributed by atoms with Gasteiger partial charge in [-0.1, -0.05) is 0 Å². The topological polar surface area (TPSA) is 104 Å². The first kappa shape index (κ1) is 17.1. The molecule has 3 fully saturated rings. The minimum Gasteiger partial charge on any atom is -0.481 e. The van der Waals surface area contributed by atoms with Gasteiger partial charge in [-0.2, -0.15) is 0 Å². The lowest BCUT2D eigenvalue weighted by Gasteiger charge is -2.47. The summed E-state index contributed by atoms with van der Waals surface area (Å²) in [6, 6.07) is 1.27. The second kappa shape index (κ2) is 6.54. The fourth-order valence-corrected chi connectivity index (χ4v) is 4.94. The average Bonchev–Trinajstić information content (AvgIpc) is 3.12. The fraction of sp³-hybridized carbons (Fsp3) is 0.400. The number of carboxylic acids is 1. The largest absolute Gasteiger partial charge is 0.481 e. The van der Waals surface area contributed by atoms with Crippen LogP contribution in [0.1, 0.15) is 25.7 Å². The third kappa shape index (κ3) is 2.80. The molecule has 6 rings (SSSR count). The molecule has 3 aliphatic rings. The van der Waals surface area contributed by atoms with E-state index in [9.17, 15) is 14.3 Å². The third-order valence-corrected chi connectivity index (χ3v) is 6.23. The zero-order chi connectivity index (χ0) is 19.3. The number of halogens is 1. The zero-order valence-corrected chi connectivity index (χ0v) is 15.1. The van der Waals surface area contributed by atoms with Crippen LogP contribution in [0.5, 0.6) is 0 Å². The van der Waals surface area contributed by atoms with E-state index in [1.54, 1.807) is 18.6 Å². The molecule has 3 N–H and O–H groups in total. The molecule has 3 aromatic rings. The summed E-state index contributed by atoms with van der Waals surface area (Å²) < 4.78 is 13.6. The number of aliphatic carboxylic acids is 1. The second-order valence-electron chi connectivity index (χ2n) is 7.75. The Morgan fingerprint density at radius 2 is 1.96 bits per heavy atom. The molecular formula is C20H20FN5O2. The highest BCUT2D eigenvalue weighted by molar-refractivity contribution is 5.92. The van der Waals surface area contributed by atoms with Gasteiger partial charge < -0.3 is 15.4 Å². The SMILES string of the molecule is O=C(O)[C@@H]1C2CCC(CC2)[C@H]1Nc1cncc(-c2c[nH]c3ncc(F)cc23)n1. The predicted octanol–water partition coefficient (Wildman–Crippen LogP) is 3.46. The Bertz CT molecular complexity index is 1040. The predicted molar refractivity (Wildman–Crippen MR) is 101 cm³/mol. The number of rotatable bonds is 4. The third-order valence-electron chi connectivity index (χ3n) is 6.23. The van der Waals surface area contributed by atoms with E-state index in [1.165, 1.54) is 6.07 Å². The van der Waals surface area contributed by atoms with Crippen molar-refractivity contribution in [1.29, 1.82) is 0 Å². The Morgan fingerprint density at radius 3 is 2.75 bits per heavy atom. The number of carbonyl (C=O) groups is 1. The summed E-state index contributed by atoms with van der Waals surface area (Å²) >= 11 is 0. The van der Waals surface area contributed by atoms with E-state index in [0.29, 0.717) is 34.0 Å². The van der Waals surface area contributed by atoms with Crippen molar-refractivity contribution in [1.82, 2.24) is 19.9 Å². The van der Waals surface area contributed by atoms with E-state index < -0.39 is 17.7 Å². The molecule has 0 aromatic carbocycles. The van der Waals surface area contributed by atoms with Crippen molar-refractivity contribution in [3.05, 3.63) is 36.7 Å². The van der Waals surface area contributed by atoms with Crippen molar-refractivity contribution in [3.8, 4) is 11.3 Å². The van der Waals surface area contributed by atoms with Gasteiger partial charge >= 0.3 is 5.97 Å². The van der Waals surface area contributed by atoms with E-state index in [0.717, 1.165) is 31.9 Å². The van der Waals surface area contributed by atoms with Gasteiger partial charge in [0.2, 0.25) is 0 Å². The number of H-pyrrole nitrogens is 1. The molecule has 0 spiro atoms. The van der Waals surface area contributed by atoms with Crippen molar-refractivity contribution in [2.45, 2.75) is 31.7 Å². The number of anilines is 1. The highest BCUT2D eigenvalue weighted by atomic mass is 19.1. The Labute approximate surface area is 160 Å². The van der Waals surface area contributed by atoms with Crippen LogP contribution in [-0.4, -0.2) is 37.1 Å². The molecule has 0 unspecified atom stereocenters. The van der Waals surface area contributed by atoms with Crippen LogP contribution in [0.4, 0.5) is 10.2 Å². The molecule has 8 heteroatoms. The van der Waals surface area contributed by atoms with E-state index in [1.807, 2.05) is 0 Å². The number of hydrogen-bond acceptors (Lipinski definition) is 5. The van der Waals surface area contributed by atoms with Crippen molar-refractivity contribution >= 4 is 22.8 Å². The van der Waals surface area contributed by atoms with Crippen LogP contribution in [0.3, 0.4) is 0 Å². The lowest BCUT2D eigenvalue weighted by atomic mass is 9.61. The summed E-state index contributed by atoms with van der Waals surface area (Å²) in [5.74, 6) is -0.460.